The molecule has 2 aromatic heterocycles. The number of aliphatic hydroxyl groups is 1. The van der Waals surface area contributed by atoms with Gasteiger partial charge < -0.3 is 14.9 Å². The van der Waals surface area contributed by atoms with Gasteiger partial charge in [-0.2, -0.15) is 4.98 Å². The van der Waals surface area contributed by atoms with Crippen molar-refractivity contribution in [2.24, 2.45) is 0 Å². The van der Waals surface area contributed by atoms with Crippen LogP contribution in [0.15, 0.2) is 35.8 Å². The minimum atomic E-state index is -0.946. The number of nitrogens with zero attached hydrogens (tertiary/aromatic N) is 2. The van der Waals surface area contributed by atoms with Crippen molar-refractivity contribution in [1.29, 1.82) is 0 Å². The fourth-order valence-corrected chi connectivity index (χ4v) is 2.83. The van der Waals surface area contributed by atoms with Gasteiger partial charge in [0.05, 0.1) is 5.56 Å². The van der Waals surface area contributed by atoms with E-state index < -0.39 is 5.97 Å². The maximum absolute atomic E-state index is 11.1. The van der Waals surface area contributed by atoms with Crippen LogP contribution in [-0.4, -0.2) is 26.2 Å². The van der Waals surface area contributed by atoms with Crippen molar-refractivity contribution >= 4 is 27.4 Å². The lowest BCUT2D eigenvalue weighted by Gasteiger charge is -2.05. The quantitative estimate of drug-likeness (QED) is 0.769. The Morgan fingerprint density at radius 2 is 2.19 bits per heavy atom. The molecule has 0 bridgehead atoms. The van der Waals surface area contributed by atoms with Gasteiger partial charge in [0.15, 0.2) is 5.82 Å². The second-order valence-electron chi connectivity index (χ2n) is 4.18. The number of rotatable bonds is 4. The Labute approximate surface area is 123 Å². The third-order valence-electron chi connectivity index (χ3n) is 2.82. The maximum Gasteiger partial charge on any atom is 0.337 e. The van der Waals surface area contributed by atoms with Crippen LogP contribution in [0, 0.1) is 0 Å². The fraction of sp³-hybridized carbons (Fsp3) is 0.0714. The summed E-state index contributed by atoms with van der Waals surface area (Å²) in [6, 6.07) is 6.73. The van der Waals surface area contributed by atoms with Gasteiger partial charge >= 0.3 is 5.97 Å². The Morgan fingerprint density at radius 3 is 2.95 bits per heavy atom. The number of thiophene rings is 1. The summed E-state index contributed by atoms with van der Waals surface area (Å²) in [5.74, 6) is 0.198. The van der Waals surface area contributed by atoms with E-state index in [2.05, 4.69) is 9.97 Å². The second-order valence-corrected chi connectivity index (χ2v) is 5.10. The molecular weight excluding hydrogens is 292 g/mol. The molecule has 0 aliphatic rings. The first-order chi connectivity index (χ1) is 10.2. The van der Waals surface area contributed by atoms with Crippen LogP contribution in [0.1, 0.15) is 16.2 Å². The van der Waals surface area contributed by atoms with E-state index in [1.54, 1.807) is 29.6 Å². The first-order valence-corrected chi connectivity index (χ1v) is 6.90. The van der Waals surface area contributed by atoms with E-state index in [1.165, 1.54) is 17.5 Å². The lowest BCUT2D eigenvalue weighted by atomic mass is 10.2. The standard InChI is InChI=1S/C14H10N2O4S/c17-6-12-15-4-3-13(16-12)20-8-1-2-9-10(14(18)19)7-21-11(9)5-8/h1-5,7,17H,6H2,(H,18,19). The molecule has 0 saturated heterocycles. The molecule has 0 amide bonds. The Bertz CT molecular complexity index is 816. The van der Waals surface area contributed by atoms with Crippen molar-refractivity contribution in [1.82, 2.24) is 9.97 Å². The molecular formula is C14H10N2O4S. The van der Waals surface area contributed by atoms with Crippen LogP contribution in [0.5, 0.6) is 11.6 Å². The highest BCUT2D eigenvalue weighted by atomic mass is 32.1. The SMILES string of the molecule is O=C(O)c1csc2cc(Oc3ccnc(CO)n3)ccc12. The smallest absolute Gasteiger partial charge is 0.337 e. The molecule has 0 atom stereocenters. The van der Waals surface area contributed by atoms with E-state index >= 15 is 0 Å². The predicted octanol–water partition coefficient (Wildman–Crippen LogP) is 2.67. The summed E-state index contributed by atoms with van der Waals surface area (Å²) in [6.45, 7) is -0.261. The molecule has 0 spiro atoms. The zero-order valence-corrected chi connectivity index (χ0v) is 11.5. The van der Waals surface area contributed by atoms with Gasteiger partial charge in [0.1, 0.15) is 12.4 Å². The number of aliphatic hydroxyl groups excluding tert-OH is 1. The van der Waals surface area contributed by atoms with Crippen molar-refractivity contribution in [2.45, 2.75) is 6.61 Å². The number of aromatic nitrogens is 2. The average Bonchev–Trinajstić information content (AvgIpc) is 2.90. The number of carbonyl (C=O) groups is 1. The molecule has 0 saturated carbocycles. The monoisotopic (exact) mass is 302 g/mol. The molecule has 0 unspecified atom stereocenters. The van der Waals surface area contributed by atoms with Crippen LogP contribution in [0.25, 0.3) is 10.1 Å². The maximum atomic E-state index is 11.1. The van der Waals surface area contributed by atoms with Gasteiger partial charge in [0.25, 0.3) is 0 Å². The Morgan fingerprint density at radius 1 is 1.33 bits per heavy atom. The van der Waals surface area contributed by atoms with Gasteiger partial charge in [-0.25, -0.2) is 9.78 Å². The Kier molecular flexibility index (Phi) is 3.51. The van der Waals surface area contributed by atoms with Gasteiger partial charge in [0, 0.05) is 27.7 Å². The van der Waals surface area contributed by atoms with Crippen LogP contribution in [0.3, 0.4) is 0 Å². The number of carboxylic acids is 1. The van der Waals surface area contributed by atoms with Gasteiger partial charge in [0.2, 0.25) is 5.88 Å². The number of hydrogen-bond acceptors (Lipinski definition) is 6. The summed E-state index contributed by atoms with van der Waals surface area (Å²) in [5.41, 5.74) is 0.283. The van der Waals surface area contributed by atoms with Gasteiger partial charge in [-0.15, -0.1) is 11.3 Å². The molecule has 0 aliphatic carbocycles. The summed E-state index contributed by atoms with van der Waals surface area (Å²) in [6.07, 6.45) is 1.50. The summed E-state index contributed by atoms with van der Waals surface area (Å²) in [4.78, 5) is 19.0. The lowest BCUT2D eigenvalue weighted by Crippen LogP contribution is -1.96. The van der Waals surface area contributed by atoms with Crippen LogP contribution in [0.4, 0.5) is 0 Å². The minimum absolute atomic E-state index is 0.261. The number of carboxylic acid groups (broad SMARTS) is 1. The summed E-state index contributed by atoms with van der Waals surface area (Å²) in [5, 5.41) is 20.3. The van der Waals surface area contributed by atoms with Crippen LogP contribution < -0.4 is 4.74 Å². The summed E-state index contributed by atoms with van der Waals surface area (Å²) >= 11 is 1.34. The number of benzene rings is 1. The highest BCUT2D eigenvalue weighted by molar-refractivity contribution is 7.17. The predicted molar refractivity (Wildman–Crippen MR) is 76.8 cm³/mol. The zero-order valence-electron chi connectivity index (χ0n) is 10.7. The summed E-state index contributed by atoms with van der Waals surface area (Å²) in [7, 11) is 0. The number of fused-ring (bicyclic) bond motifs is 1. The fourth-order valence-electron chi connectivity index (χ4n) is 1.87. The van der Waals surface area contributed by atoms with Crippen molar-refractivity contribution in [2.75, 3.05) is 0 Å². The van der Waals surface area contributed by atoms with E-state index in [0.717, 1.165) is 4.70 Å². The van der Waals surface area contributed by atoms with Crippen LogP contribution in [-0.2, 0) is 6.61 Å². The molecule has 0 radical (unpaired) electrons. The van der Waals surface area contributed by atoms with E-state index in [1.807, 2.05) is 0 Å². The minimum Gasteiger partial charge on any atom is -0.478 e. The molecule has 7 heteroatoms. The molecule has 1 aromatic carbocycles. The lowest BCUT2D eigenvalue weighted by molar-refractivity contribution is 0.0699. The summed E-state index contributed by atoms with van der Waals surface area (Å²) < 4.78 is 6.42. The zero-order chi connectivity index (χ0) is 14.8. The Balaban J connectivity index is 1.92. The Hall–Kier alpha value is -2.51. The van der Waals surface area contributed by atoms with Crippen LogP contribution in [0.2, 0.25) is 0 Å². The first kappa shape index (κ1) is 13.5. The van der Waals surface area contributed by atoms with E-state index in [-0.39, 0.29) is 18.0 Å². The molecule has 2 heterocycles. The third-order valence-corrected chi connectivity index (χ3v) is 3.77. The van der Waals surface area contributed by atoms with E-state index in [0.29, 0.717) is 17.0 Å². The van der Waals surface area contributed by atoms with Gasteiger partial charge in [-0.3, -0.25) is 0 Å². The van der Waals surface area contributed by atoms with Crippen LogP contribution >= 0.6 is 11.3 Å². The third kappa shape index (κ3) is 2.69. The molecule has 21 heavy (non-hydrogen) atoms. The molecule has 6 nitrogen and oxygen atoms in total. The molecule has 2 N–H and O–H groups in total. The second kappa shape index (κ2) is 5.47. The van der Waals surface area contributed by atoms with Gasteiger partial charge in [-0.1, -0.05) is 0 Å². The molecule has 106 valence electrons. The van der Waals surface area contributed by atoms with Gasteiger partial charge in [-0.05, 0) is 18.2 Å². The molecule has 3 aromatic rings. The molecule has 0 aliphatic heterocycles. The highest BCUT2D eigenvalue weighted by Crippen LogP contribution is 2.31. The number of hydrogen-bond donors (Lipinski definition) is 2. The van der Waals surface area contributed by atoms with Crippen molar-refractivity contribution < 1.29 is 19.7 Å². The van der Waals surface area contributed by atoms with E-state index in [4.69, 9.17) is 14.9 Å². The van der Waals surface area contributed by atoms with Crippen molar-refractivity contribution in [3.63, 3.8) is 0 Å². The highest BCUT2D eigenvalue weighted by Gasteiger charge is 2.11. The van der Waals surface area contributed by atoms with E-state index in [9.17, 15) is 4.79 Å². The molecule has 3 rings (SSSR count). The number of aromatic carboxylic acids is 1. The number of ether oxygens (including phenoxy) is 1. The normalized spacial score (nSPS) is 10.7. The molecule has 0 fully saturated rings. The topological polar surface area (TPSA) is 92.5 Å². The average molecular weight is 302 g/mol. The van der Waals surface area contributed by atoms with Crippen molar-refractivity contribution in [3.8, 4) is 11.6 Å². The largest absolute Gasteiger partial charge is 0.478 e. The first-order valence-electron chi connectivity index (χ1n) is 6.02. The van der Waals surface area contributed by atoms with Crippen molar-refractivity contribution in [3.05, 3.63) is 47.2 Å².